The molecule has 146 valence electrons. The first-order chi connectivity index (χ1) is 12.4. The van der Waals surface area contributed by atoms with Gasteiger partial charge in [0.15, 0.2) is 0 Å². The number of fused-ring (bicyclic) bond motifs is 1. The molecule has 1 heterocycles. The third kappa shape index (κ3) is 4.99. The fraction of sp³-hybridized carbons (Fsp3) is 0.625. The molecular formula is C24H40N2. The summed E-state index contributed by atoms with van der Waals surface area (Å²) in [6, 6.07) is 4.64. The minimum atomic E-state index is 0.0657. The topological polar surface area (TPSA) is 28.7 Å². The minimum Gasteiger partial charge on any atom is -0.342 e. The SMILES string of the molecule is CC.CC.CC(C)c1ccc(-c2cnc(C(C)(C)C)[nH]2)c2c1CCCC2. The molecule has 0 unspecified atom stereocenters. The molecule has 26 heavy (non-hydrogen) atoms. The normalized spacial score (nSPS) is 13.3. The van der Waals surface area contributed by atoms with E-state index in [1.807, 2.05) is 33.9 Å². The number of nitrogens with zero attached hydrogens (tertiary/aromatic N) is 1. The molecule has 2 nitrogen and oxygen atoms in total. The molecule has 0 fully saturated rings. The number of aromatic amines is 1. The van der Waals surface area contributed by atoms with Gasteiger partial charge in [0, 0.05) is 11.0 Å². The lowest BCUT2D eigenvalue weighted by molar-refractivity contribution is 0.553. The summed E-state index contributed by atoms with van der Waals surface area (Å²) < 4.78 is 0. The Hall–Kier alpha value is -1.57. The van der Waals surface area contributed by atoms with Crippen LogP contribution in [0.4, 0.5) is 0 Å². The lowest BCUT2D eigenvalue weighted by Crippen LogP contribution is -2.13. The molecule has 0 atom stereocenters. The van der Waals surface area contributed by atoms with Crippen molar-refractivity contribution in [3.63, 3.8) is 0 Å². The minimum absolute atomic E-state index is 0.0657. The van der Waals surface area contributed by atoms with Gasteiger partial charge in [0.05, 0.1) is 11.9 Å². The van der Waals surface area contributed by atoms with Crippen molar-refractivity contribution in [2.75, 3.05) is 0 Å². The second kappa shape index (κ2) is 9.94. The van der Waals surface area contributed by atoms with E-state index in [1.165, 1.54) is 42.5 Å². The van der Waals surface area contributed by atoms with Crippen molar-refractivity contribution in [3.8, 4) is 11.3 Å². The van der Waals surface area contributed by atoms with Gasteiger partial charge < -0.3 is 4.98 Å². The smallest absolute Gasteiger partial charge is 0.111 e. The second-order valence-electron chi connectivity index (χ2n) is 7.92. The Kier molecular flexibility index (Phi) is 8.59. The number of hydrogen-bond acceptors (Lipinski definition) is 1. The van der Waals surface area contributed by atoms with E-state index in [4.69, 9.17) is 0 Å². The zero-order valence-corrected chi connectivity index (χ0v) is 18.6. The number of benzene rings is 1. The highest BCUT2D eigenvalue weighted by Crippen LogP contribution is 2.36. The molecular weight excluding hydrogens is 316 g/mol. The van der Waals surface area contributed by atoms with Gasteiger partial charge in [-0.1, -0.05) is 74.4 Å². The largest absolute Gasteiger partial charge is 0.342 e. The van der Waals surface area contributed by atoms with Crippen LogP contribution in [0.25, 0.3) is 11.3 Å². The summed E-state index contributed by atoms with van der Waals surface area (Å²) in [6.45, 7) is 19.2. The van der Waals surface area contributed by atoms with Crippen molar-refractivity contribution < 1.29 is 0 Å². The molecule has 0 aliphatic heterocycles. The van der Waals surface area contributed by atoms with Gasteiger partial charge in [0.25, 0.3) is 0 Å². The Morgan fingerprint density at radius 2 is 1.50 bits per heavy atom. The first kappa shape index (κ1) is 22.5. The van der Waals surface area contributed by atoms with Gasteiger partial charge in [-0.2, -0.15) is 0 Å². The first-order valence-corrected chi connectivity index (χ1v) is 10.6. The maximum absolute atomic E-state index is 4.61. The van der Waals surface area contributed by atoms with E-state index < -0.39 is 0 Å². The molecule has 2 heteroatoms. The van der Waals surface area contributed by atoms with Crippen LogP contribution in [0, 0.1) is 0 Å². The zero-order chi connectivity index (χ0) is 19.9. The highest BCUT2D eigenvalue weighted by molar-refractivity contribution is 5.67. The molecule has 1 N–H and O–H groups in total. The molecule has 0 saturated heterocycles. The summed E-state index contributed by atoms with van der Waals surface area (Å²) in [5, 5.41) is 0. The second-order valence-corrected chi connectivity index (χ2v) is 7.92. The predicted molar refractivity (Wildman–Crippen MR) is 116 cm³/mol. The molecule has 0 bridgehead atoms. The lowest BCUT2D eigenvalue weighted by Gasteiger charge is -2.24. The van der Waals surface area contributed by atoms with Gasteiger partial charge in [-0.25, -0.2) is 4.98 Å². The number of aromatic nitrogens is 2. The van der Waals surface area contributed by atoms with E-state index >= 15 is 0 Å². The molecule has 1 aliphatic rings. The molecule has 0 saturated carbocycles. The van der Waals surface area contributed by atoms with Crippen LogP contribution >= 0.6 is 0 Å². The third-order valence-corrected chi connectivity index (χ3v) is 4.77. The van der Waals surface area contributed by atoms with Crippen molar-refractivity contribution in [2.24, 2.45) is 0 Å². The Labute approximate surface area is 161 Å². The molecule has 1 aliphatic carbocycles. The Morgan fingerprint density at radius 3 is 2.00 bits per heavy atom. The number of imidazole rings is 1. The fourth-order valence-electron chi connectivity index (χ4n) is 3.53. The van der Waals surface area contributed by atoms with Crippen LogP contribution < -0.4 is 0 Å². The van der Waals surface area contributed by atoms with Crippen molar-refractivity contribution in [1.29, 1.82) is 0 Å². The number of H-pyrrole nitrogens is 1. The monoisotopic (exact) mass is 356 g/mol. The number of hydrogen-bond donors (Lipinski definition) is 1. The van der Waals surface area contributed by atoms with Crippen LogP contribution in [0.1, 0.15) is 104 Å². The van der Waals surface area contributed by atoms with Gasteiger partial charge >= 0.3 is 0 Å². The van der Waals surface area contributed by atoms with Crippen molar-refractivity contribution in [3.05, 3.63) is 40.8 Å². The van der Waals surface area contributed by atoms with Crippen molar-refractivity contribution >= 4 is 0 Å². The molecule has 2 aromatic rings. The van der Waals surface area contributed by atoms with Crippen LogP contribution in [0.3, 0.4) is 0 Å². The van der Waals surface area contributed by atoms with Crippen molar-refractivity contribution in [2.45, 2.75) is 99.3 Å². The Bertz CT molecular complexity index is 672. The molecule has 1 aromatic heterocycles. The number of rotatable bonds is 2. The lowest BCUT2D eigenvalue weighted by atomic mass is 9.81. The van der Waals surface area contributed by atoms with Gasteiger partial charge in [-0.3, -0.25) is 0 Å². The molecule has 0 amide bonds. The third-order valence-electron chi connectivity index (χ3n) is 4.77. The van der Waals surface area contributed by atoms with Gasteiger partial charge in [-0.15, -0.1) is 0 Å². The van der Waals surface area contributed by atoms with Gasteiger partial charge in [-0.05, 0) is 48.3 Å². The molecule has 0 radical (unpaired) electrons. The van der Waals surface area contributed by atoms with Crippen LogP contribution in [-0.4, -0.2) is 9.97 Å². The van der Waals surface area contributed by atoms with E-state index in [0.29, 0.717) is 5.92 Å². The number of nitrogens with one attached hydrogen (secondary N) is 1. The molecule has 1 aromatic carbocycles. The first-order valence-electron chi connectivity index (χ1n) is 10.6. The average molecular weight is 357 g/mol. The van der Waals surface area contributed by atoms with Crippen LogP contribution in [-0.2, 0) is 18.3 Å². The Morgan fingerprint density at radius 1 is 0.923 bits per heavy atom. The highest BCUT2D eigenvalue weighted by Gasteiger charge is 2.22. The summed E-state index contributed by atoms with van der Waals surface area (Å²) in [6.07, 6.45) is 7.08. The van der Waals surface area contributed by atoms with Crippen LogP contribution in [0.2, 0.25) is 0 Å². The van der Waals surface area contributed by atoms with E-state index in [-0.39, 0.29) is 5.41 Å². The van der Waals surface area contributed by atoms with Crippen LogP contribution in [0.5, 0.6) is 0 Å². The fourth-order valence-corrected chi connectivity index (χ4v) is 3.53. The van der Waals surface area contributed by atoms with E-state index in [0.717, 1.165) is 5.82 Å². The quantitative estimate of drug-likeness (QED) is 0.595. The van der Waals surface area contributed by atoms with Crippen molar-refractivity contribution in [1.82, 2.24) is 9.97 Å². The van der Waals surface area contributed by atoms with E-state index in [9.17, 15) is 0 Å². The summed E-state index contributed by atoms with van der Waals surface area (Å²) >= 11 is 0. The highest BCUT2D eigenvalue weighted by atomic mass is 14.9. The summed E-state index contributed by atoms with van der Waals surface area (Å²) in [4.78, 5) is 8.17. The summed E-state index contributed by atoms with van der Waals surface area (Å²) in [7, 11) is 0. The maximum atomic E-state index is 4.61. The zero-order valence-electron chi connectivity index (χ0n) is 18.6. The van der Waals surface area contributed by atoms with Gasteiger partial charge in [0.2, 0.25) is 0 Å². The van der Waals surface area contributed by atoms with Gasteiger partial charge in [0.1, 0.15) is 5.82 Å². The maximum Gasteiger partial charge on any atom is 0.111 e. The summed E-state index contributed by atoms with van der Waals surface area (Å²) in [5.74, 6) is 1.67. The molecule has 0 spiro atoms. The van der Waals surface area contributed by atoms with Crippen LogP contribution in [0.15, 0.2) is 18.3 Å². The van der Waals surface area contributed by atoms with E-state index in [2.05, 4.69) is 56.7 Å². The van der Waals surface area contributed by atoms with E-state index in [1.54, 1.807) is 11.1 Å². The average Bonchev–Trinajstić information content (AvgIpc) is 3.14. The molecule has 3 rings (SSSR count). The Balaban J connectivity index is 0.000000791. The predicted octanol–water partition coefficient (Wildman–Crippen LogP) is 7.43. The standard InChI is InChI=1S/C20H28N2.2C2H6/c1-13(2)14-10-11-17(16-9-7-6-8-15(14)16)18-12-21-19(22-18)20(3,4)5;2*1-2/h10-13H,6-9H2,1-5H3,(H,21,22);2*1-2H3. The summed E-state index contributed by atoms with van der Waals surface area (Å²) in [5.41, 5.74) is 7.30.